The Bertz CT molecular complexity index is 227. The SMILES string of the molecule is CCC(CC)N(CCCl)C(=O)C1CCCCS1. The van der Waals surface area contributed by atoms with Crippen molar-refractivity contribution in [2.24, 2.45) is 0 Å². The molecule has 0 aromatic rings. The molecular weight excluding hydrogens is 254 g/mol. The molecule has 0 saturated carbocycles. The lowest BCUT2D eigenvalue weighted by Crippen LogP contribution is -2.45. The molecule has 1 saturated heterocycles. The Morgan fingerprint density at radius 1 is 1.41 bits per heavy atom. The van der Waals surface area contributed by atoms with E-state index in [1.165, 1.54) is 12.8 Å². The third kappa shape index (κ3) is 4.36. The van der Waals surface area contributed by atoms with Crippen LogP contribution < -0.4 is 0 Å². The average molecular weight is 278 g/mol. The molecule has 1 rings (SSSR count). The van der Waals surface area contributed by atoms with Crippen LogP contribution in [0.5, 0.6) is 0 Å². The van der Waals surface area contributed by atoms with E-state index in [4.69, 9.17) is 11.6 Å². The lowest BCUT2D eigenvalue weighted by Gasteiger charge is -2.34. The van der Waals surface area contributed by atoms with Gasteiger partial charge in [0, 0.05) is 18.5 Å². The van der Waals surface area contributed by atoms with E-state index in [2.05, 4.69) is 13.8 Å². The summed E-state index contributed by atoms with van der Waals surface area (Å²) in [6.45, 7) is 5.00. The van der Waals surface area contributed by atoms with Crippen LogP contribution in [0, 0.1) is 0 Å². The summed E-state index contributed by atoms with van der Waals surface area (Å²) in [4.78, 5) is 14.5. The molecule has 0 spiro atoms. The molecule has 1 atom stereocenters. The molecule has 1 heterocycles. The highest BCUT2D eigenvalue weighted by Crippen LogP contribution is 2.27. The lowest BCUT2D eigenvalue weighted by atomic mass is 10.1. The van der Waals surface area contributed by atoms with Crippen LogP contribution in [0.1, 0.15) is 46.0 Å². The molecule has 0 bridgehead atoms. The minimum Gasteiger partial charge on any atom is -0.338 e. The molecule has 0 aromatic carbocycles. The molecule has 0 N–H and O–H groups in total. The number of rotatable bonds is 6. The topological polar surface area (TPSA) is 20.3 Å². The summed E-state index contributed by atoms with van der Waals surface area (Å²) >= 11 is 7.67. The van der Waals surface area contributed by atoms with Gasteiger partial charge in [-0.3, -0.25) is 4.79 Å². The first kappa shape index (κ1) is 15.2. The van der Waals surface area contributed by atoms with Gasteiger partial charge in [0.1, 0.15) is 0 Å². The van der Waals surface area contributed by atoms with Gasteiger partial charge < -0.3 is 4.90 Å². The van der Waals surface area contributed by atoms with Gasteiger partial charge in [-0.25, -0.2) is 0 Å². The first-order chi connectivity index (χ1) is 8.24. The number of halogens is 1. The minimum absolute atomic E-state index is 0.188. The maximum Gasteiger partial charge on any atom is 0.235 e. The van der Waals surface area contributed by atoms with E-state index < -0.39 is 0 Å². The first-order valence-electron chi connectivity index (χ1n) is 6.72. The number of thioether (sulfide) groups is 1. The Kier molecular flexibility index (Phi) is 7.36. The summed E-state index contributed by atoms with van der Waals surface area (Å²) in [6.07, 6.45) is 5.55. The molecule has 17 heavy (non-hydrogen) atoms. The van der Waals surface area contributed by atoms with Gasteiger partial charge in [0.05, 0.1) is 5.25 Å². The maximum atomic E-state index is 12.5. The monoisotopic (exact) mass is 277 g/mol. The fourth-order valence-corrected chi connectivity index (χ4v) is 3.86. The van der Waals surface area contributed by atoms with Crippen molar-refractivity contribution in [1.82, 2.24) is 4.90 Å². The fraction of sp³-hybridized carbons (Fsp3) is 0.923. The zero-order chi connectivity index (χ0) is 12.7. The largest absolute Gasteiger partial charge is 0.338 e. The van der Waals surface area contributed by atoms with E-state index in [1.54, 1.807) is 0 Å². The Morgan fingerprint density at radius 3 is 2.59 bits per heavy atom. The van der Waals surface area contributed by atoms with Gasteiger partial charge in [-0.15, -0.1) is 23.4 Å². The highest BCUT2D eigenvalue weighted by molar-refractivity contribution is 8.00. The Morgan fingerprint density at radius 2 is 2.12 bits per heavy atom. The number of nitrogens with zero attached hydrogens (tertiary/aromatic N) is 1. The molecule has 0 radical (unpaired) electrons. The summed E-state index contributed by atoms with van der Waals surface area (Å²) < 4.78 is 0. The van der Waals surface area contributed by atoms with Gasteiger partial charge in [0.2, 0.25) is 5.91 Å². The average Bonchev–Trinajstić information content (AvgIpc) is 2.39. The van der Waals surface area contributed by atoms with Crippen molar-refractivity contribution in [3.8, 4) is 0 Å². The van der Waals surface area contributed by atoms with Gasteiger partial charge in [0.25, 0.3) is 0 Å². The van der Waals surface area contributed by atoms with Crippen LogP contribution in [-0.4, -0.2) is 40.3 Å². The van der Waals surface area contributed by atoms with E-state index in [-0.39, 0.29) is 5.25 Å². The molecule has 0 aromatic heterocycles. The second-order valence-corrected chi connectivity index (χ2v) is 6.23. The first-order valence-corrected chi connectivity index (χ1v) is 8.30. The number of hydrogen-bond donors (Lipinski definition) is 0. The van der Waals surface area contributed by atoms with Crippen molar-refractivity contribution in [1.29, 1.82) is 0 Å². The predicted octanol–water partition coefficient (Wildman–Crippen LogP) is 3.53. The molecule has 1 aliphatic rings. The number of carbonyl (C=O) groups excluding carboxylic acids is 1. The summed E-state index contributed by atoms with van der Waals surface area (Å²) in [5.74, 6) is 2.00. The van der Waals surface area contributed by atoms with E-state index in [0.717, 1.165) is 25.0 Å². The fourth-order valence-electron chi connectivity index (χ4n) is 2.41. The van der Waals surface area contributed by atoms with Crippen molar-refractivity contribution < 1.29 is 4.79 Å². The van der Waals surface area contributed by atoms with E-state index in [9.17, 15) is 4.79 Å². The van der Waals surface area contributed by atoms with Crippen LogP contribution >= 0.6 is 23.4 Å². The normalized spacial score (nSPS) is 20.6. The van der Waals surface area contributed by atoms with Gasteiger partial charge in [0.15, 0.2) is 0 Å². The zero-order valence-electron chi connectivity index (χ0n) is 11.0. The smallest absolute Gasteiger partial charge is 0.235 e. The summed E-state index contributed by atoms with van der Waals surface area (Å²) in [5, 5.41) is 0.188. The number of amides is 1. The van der Waals surface area contributed by atoms with Crippen LogP contribution in [-0.2, 0) is 4.79 Å². The minimum atomic E-state index is 0.188. The van der Waals surface area contributed by atoms with Crippen LogP contribution in [0.3, 0.4) is 0 Å². The molecule has 1 unspecified atom stereocenters. The van der Waals surface area contributed by atoms with Crippen LogP contribution in [0.4, 0.5) is 0 Å². The molecule has 1 fully saturated rings. The maximum absolute atomic E-state index is 12.5. The summed E-state index contributed by atoms with van der Waals surface area (Å²) in [5.41, 5.74) is 0. The van der Waals surface area contributed by atoms with Crippen molar-refractivity contribution in [2.75, 3.05) is 18.2 Å². The highest BCUT2D eigenvalue weighted by atomic mass is 35.5. The molecule has 1 amide bonds. The Balaban J connectivity index is 2.63. The van der Waals surface area contributed by atoms with Crippen LogP contribution in [0.15, 0.2) is 0 Å². The van der Waals surface area contributed by atoms with Gasteiger partial charge in [-0.05, 0) is 31.4 Å². The zero-order valence-corrected chi connectivity index (χ0v) is 12.5. The third-order valence-electron chi connectivity index (χ3n) is 3.45. The van der Waals surface area contributed by atoms with Crippen molar-refractivity contribution in [2.45, 2.75) is 57.2 Å². The summed E-state index contributed by atoms with van der Waals surface area (Å²) in [6, 6.07) is 0.365. The molecule has 2 nitrogen and oxygen atoms in total. The lowest BCUT2D eigenvalue weighted by molar-refractivity contribution is -0.133. The van der Waals surface area contributed by atoms with Crippen molar-refractivity contribution in [3.05, 3.63) is 0 Å². The Labute approximate surface area is 114 Å². The number of hydrogen-bond acceptors (Lipinski definition) is 2. The molecule has 0 aliphatic carbocycles. The van der Waals surface area contributed by atoms with Crippen molar-refractivity contribution >= 4 is 29.3 Å². The van der Waals surface area contributed by atoms with E-state index >= 15 is 0 Å². The number of alkyl halides is 1. The molecule has 1 aliphatic heterocycles. The summed E-state index contributed by atoms with van der Waals surface area (Å²) in [7, 11) is 0. The van der Waals surface area contributed by atoms with Crippen molar-refractivity contribution in [3.63, 3.8) is 0 Å². The van der Waals surface area contributed by atoms with Gasteiger partial charge in [-0.1, -0.05) is 20.3 Å². The van der Waals surface area contributed by atoms with Gasteiger partial charge in [-0.2, -0.15) is 0 Å². The van der Waals surface area contributed by atoms with E-state index in [1.807, 2.05) is 16.7 Å². The number of carbonyl (C=O) groups is 1. The quantitative estimate of drug-likeness (QED) is 0.693. The van der Waals surface area contributed by atoms with Crippen LogP contribution in [0.25, 0.3) is 0 Å². The van der Waals surface area contributed by atoms with Crippen LogP contribution in [0.2, 0.25) is 0 Å². The molecular formula is C13H24ClNOS. The van der Waals surface area contributed by atoms with Gasteiger partial charge >= 0.3 is 0 Å². The second-order valence-electron chi connectivity index (χ2n) is 4.55. The third-order valence-corrected chi connectivity index (χ3v) is 4.98. The predicted molar refractivity (Wildman–Crippen MR) is 76.9 cm³/mol. The molecule has 100 valence electrons. The van der Waals surface area contributed by atoms with E-state index in [0.29, 0.717) is 24.4 Å². The molecule has 4 heteroatoms. The second kappa shape index (κ2) is 8.25. The standard InChI is InChI=1S/C13H24ClNOS/c1-3-11(4-2)15(9-8-14)13(16)12-7-5-6-10-17-12/h11-12H,3-10H2,1-2H3. The Hall–Kier alpha value is 0.110. The highest BCUT2D eigenvalue weighted by Gasteiger charge is 2.29.